The van der Waals surface area contributed by atoms with Gasteiger partial charge in [0.25, 0.3) is 0 Å². The predicted octanol–water partition coefficient (Wildman–Crippen LogP) is 2.90. The van der Waals surface area contributed by atoms with E-state index in [-0.39, 0.29) is 52.3 Å². The van der Waals surface area contributed by atoms with Crippen LogP contribution in [0, 0.1) is 63.0 Å². The molecule has 8 heteroatoms. The maximum absolute atomic E-state index is 12.1. The first-order chi connectivity index (χ1) is 18.8. The molecule has 2 aliphatic heterocycles. The molecular weight excluding hydrogens is 512 g/mol. The lowest BCUT2D eigenvalue weighted by Crippen LogP contribution is -2.60. The van der Waals surface area contributed by atoms with Gasteiger partial charge < -0.3 is 39.7 Å². The van der Waals surface area contributed by atoms with Crippen LogP contribution in [-0.2, 0) is 14.2 Å². The Hall–Kier alpha value is -0.320. The second kappa shape index (κ2) is 8.87. The normalized spacial score (nSPS) is 57.9. The van der Waals surface area contributed by atoms with Crippen LogP contribution in [0.2, 0.25) is 0 Å². The van der Waals surface area contributed by atoms with Crippen LogP contribution < -0.4 is 0 Å². The second-order valence-corrected chi connectivity index (χ2v) is 15.6. The van der Waals surface area contributed by atoms with Crippen molar-refractivity contribution in [3.63, 3.8) is 0 Å². The maximum Gasteiger partial charge on any atom is 0.186 e. The third-order valence-electron chi connectivity index (χ3n) is 14.0. The third-order valence-corrected chi connectivity index (χ3v) is 14.0. The molecule has 5 N–H and O–H groups in total. The summed E-state index contributed by atoms with van der Waals surface area (Å²) in [5.41, 5.74) is -0.250. The number of ether oxygens (including phenoxy) is 3. The van der Waals surface area contributed by atoms with Crippen molar-refractivity contribution in [3.8, 4) is 0 Å². The number of rotatable bonds is 3. The third kappa shape index (κ3) is 3.26. The molecule has 2 spiro atoms. The van der Waals surface area contributed by atoms with Gasteiger partial charge in [-0.1, -0.05) is 34.6 Å². The van der Waals surface area contributed by atoms with E-state index < -0.39 is 30.7 Å². The summed E-state index contributed by atoms with van der Waals surface area (Å²) in [6, 6.07) is 0. The van der Waals surface area contributed by atoms with Crippen molar-refractivity contribution in [2.75, 3.05) is 13.2 Å². The van der Waals surface area contributed by atoms with E-state index in [2.05, 4.69) is 34.6 Å². The highest BCUT2D eigenvalue weighted by Gasteiger charge is 2.85. The number of hydrogen-bond acceptors (Lipinski definition) is 8. The van der Waals surface area contributed by atoms with Gasteiger partial charge in [0.2, 0.25) is 0 Å². The standard InChI is InChI=1S/C32H49O8/c1-16-12-17(13-33)39-25-22(16)29(4)10-11-32-15-31(32)9-8-21(40-27-24(36)23(35)18(34)14-38-27)28(2,3)19(31)6-7-20(32)30(29,5)26(25)37/h16,18-19,21-24,26-27,33-37H,6-15H2,1-5H3/t16-,18-,19+,21?,22+,23+,24-,26+,27+,29-,30-,31-,32+/m1/s1. The fraction of sp³-hybridized carbons (Fsp3) is 0.906. The molecule has 3 radical (unpaired) electrons. The van der Waals surface area contributed by atoms with Gasteiger partial charge in [-0.05, 0) is 90.8 Å². The Morgan fingerprint density at radius 3 is 2.45 bits per heavy atom. The lowest BCUT2D eigenvalue weighted by molar-refractivity contribution is -0.301. The molecule has 13 atom stereocenters. The Morgan fingerprint density at radius 2 is 1.73 bits per heavy atom. The van der Waals surface area contributed by atoms with Gasteiger partial charge >= 0.3 is 0 Å². The summed E-state index contributed by atoms with van der Waals surface area (Å²) in [4.78, 5) is 0. The molecule has 2 saturated heterocycles. The van der Waals surface area contributed by atoms with Crippen molar-refractivity contribution in [2.45, 2.75) is 123 Å². The number of hydrogen-bond donors (Lipinski definition) is 5. The van der Waals surface area contributed by atoms with Crippen LogP contribution in [0.4, 0.5) is 0 Å². The van der Waals surface area contributed by atoms with Crippen molar-refractivity contribution >= 4 is 0 Å². The highest BCUT2D eigenvalue weighted by atomic mass is 16.7. The van der Waals surface area contributed by atoms with E-state index >= 15 is 0 Å². The van der Waals surface area contributed by atoms with Crippen molar-refractivity contribution in [3.05, 3.63) is 18.1 Å². The van der Waals surface area contributed by atoms with E-state index in [1.165, 1.54) is 6.42 Å². The molecule has 8 nitrogen and oxygen atoms in total. The lowest BCUT2D eigenvalue weighted by Gasteiger charge is -2.63. The summed E-state index contributed by atoms with van der Waals surface area (Å²) < 4.78 is 18.3. The summed E-state index contributed by atoms with van der Waals surface area (Å²) in [5, 5.41) is 52.5. The highest BCUT2D eigenvalue weighted by Crippen LogP contribution is 2.90. The molecule has 0 aromatic rings. The maximum atomic E-state index is 12.1. The van der Waals surface area contributed by atoms with E-state index in [9.17, 15) is 25.5 Å². The van der Waals surface area contributed by atoms with Gasteiger partial charge in [0.15, 0.2) is 6.29 Å². The number of fused-ring (bicyclic) bond motifs is 4. The van der Waals surface area contributed by atoms with E-state index in [0.717, 1.165) is 51.0 Å². The van der Waals surface area contributed by atoms with E-state index in [1.54, 1.807) is 5.92 Å². The Balaban J connectivity index is 1.16. The Bertz CT molecular complexity index is 1020. The minimum Gasteiger partial charge on any atom is -0.393 e. The zero-order valence-electron chi connectivity index (χ0n) is 24.7. The van der Waals surface area contributed by atoms with Gasteiger partial charge in [0.1, 0.15) is 30.5 Å². The van der Waals surface area contributed by atoms with Crippen LogP contribution in [0.1, 0.15) is 86.0 Å². The average Bonchev–Trinajstić information content (AvgIpc) is 3.55. The molecule has 7 aliphatic rings. The molecule has 5 aliphatic carbocycles. The molecule has 2 heterocycles. The molecule has 7 rings (SSSR count). The first-order valence-electron chi connectivity index (χ1n) is 15.6. The molecule has 0 amide bonds. The Morgan fingerprint density at radius 1 is 0.975 bits per heavy atom. The van der Waals surface area contributed by atoms with E-state index in [1.807, 2.05) is 0 Å². The van der Waals surface area contributed by atoms with Gasteiger partial charge in [-0.2, -0.15) is 0 Å². The SMILES string of the molecule is C[C@@H]1C[C](CO)O[C]2[C@H]1[C@@]1(C)CC[C@@]34C[C@@]35CCC(O[C@@H]3OC[C@@H](O)[C@H](O)[C@H]3O)C(C)(C)[C@@H]5CC[C]4[C@]1(C)[C@H]2O. The zero-order valence-corrected chi connectivity index (χ0v) is 24.7. The molecule has 0 aromatic heterocycles. The molecule has 1 unspecified atom stereocenters. The Kier molecular flexibility index (Phi) is 6.31. The van der Waals surface area contributed by atoms with Crippen molar-refractivity contribution in [1.82, 2.24) is 0 Å². The largest absolute Gasteiger partial charge is 0.393 e. The van der Waals surface area contributed by atoms with E-state index in [4.69, 9.17) is 14.2 Å². The zero-order chi connectivity index (χ0) is 28.6. The first-order valence-corrected chi connectivity index (χ1v) is 15.6. The first kappa shape index (κ1) is 28.5. The number of aliphatic hydroxyl groups excluding tert-OH is 5. The van der Waals surface area contributed by atoms with Gasteiger partial charge in [-0.3, -0.25) is 0 Å². The number of aliphatic hydroxyl groups is 5. The predicted molar refractivity (Wildman–Crippen MR) is 144 cm³/mol. The van der Waals surface area contributed by atoms with Crippen LogP contribution in [0.5, 0.6) is 0 Å². The van der Waals surface area contributed by atoms with Crippen LogP contribution in [-0.4, -0.2) is 75.6 Å². The molecule has 5 saturated carbocycles. The quantitative estimate of drug-likeness (QED) is 0.333. The second-order valence-electron chi connectivity index (χ2n) is 15.6. The molecular formula is C32H49O8. The summed E-state index contributed by atoms with van der Waals surface area (Å²) >= 11 is 0. The van der Waals surface area contributed by atoms with Crippen LogP contribution in [0.25, 0.3) is 0 Å². The van der Waals surface area contributed by atoms with Gasteiger partial charge in [0, 0.05) is 11.3 Å². The van der Waals surface area contributed by atoms with Crippen molar-refractivity contribution in [2.24, 2.45) is 44.8 Å². The minimum absolute atomic E-state index is 0.0512. The van der Waals surface area contributed by atoms with E-state index in [0.29, 0.717) is 17.9 Å². The Labute approximate surface area is 238 Å². The van der Waals surface area contributed by atoms with Crippen molar-refractivity contribution in [1.29, 1.82) is 0 Å². The summed E-state index contributed by atoms with van der Waals surface area (Å²) in [5.74, 6) is 2.54. The van der Waals surface area contributed by atoms with Crippen LogP contribution in [0.15, 0.2) is 0 Å². The minimum atomic E-state index is -1.27. The molecule has 40 heavy (non-hydrogen) atoms. The average molecular weight is 562 g/mol. The van der Waals surface area contributed by atoms with Gasteiger partial charge in [-0.25, -0.2) is 0 Å². The highest BCUT2D eigenvalue weighted by molar-refractivity contribution is 5.44. The molecule has 0 aromatic carbocycles. The van der Waals surface area contributed by atoms with Crippen LogP contribution >= 0.6 is 0 Å². The molecule has 7 fully saturated rings. The smallest absolute Gasteiger partial charge is 0.186 e. The topological polar surface area (TPSA) is 129 Å². The van der Waals surface area contributed by atoms with Gasteiger partial charge in [-0.15, -0.1) is 0 Å². The lowest BCUT2D eigenvalue weighted by atomic mass is 9.41. The summed E-state index contributed by atoms with van der Waals surface area (Å²) in [7, 11) is 0. The summed E-state index contributed by atoms with van der Waals surface area (Å²) in [6.07, 6.45) is 4.18. The summed E-state index contributed by atoms with van der Waals surface area (Å²) in [6.45, 7) is 11.4. The van der Waals surface area contributed by atoms with Crippen LogP contribution in [0.3, 0.4) is 0 Å². The van der Waals surface area contributed by atoms with Crippen molar-refractivity contribution < 1.29 is 39.7 Å². The molecule has 0 bridgehead atoms. The fourth-order valence-electron chi connectivity index (χ4n) is 11.9. The fourth-order valence-corrected chi connectivity index (χ4v) is 11.9. The molecule has 225 valence electrons. The monoisotopic (exact) mass is 561 g/mol. The van der Waals surface area contributed by atoms with Gasteiger partial charge in [0.05, 0.1) is 25.4 Å².